The number of nitriles is 1. The minimum Gasteiger partial charge on any atom is -0.474 e. The first-order chi connectivity index (χ1) is 13.9. The number of carbonyl (C=O) groups excluding carboxylic acids is 1. The highest BCUT2D eigenvalue weighted by Gasteiger charge is 2.25. The minimum atomic E-state index is -0.273. The monoisotopic (exact) mass is 395 g/mol. The molecule has 3 rings (SSSR count). The first-order valence-electron chi connectivity index (χ1n) is 9.66. The Bertz CT molecular complexity index is 901. The SMILES string of the molecule is Cc1cc(C#N)ccc1Nc1cc(OC2CCN(C(=O)OC(C)C)CC2)ncn1. The number of rotatable bonds is 5. The Morgan fingerprint density at radius 3 is 2.69 bits per heavy atom. The molecule has 0 aliphatic carbocycles. The number of carbonyl (C=O) groups is 1. The van der Waals surface area contributed by atoms with Crippen LogP contribution in [0.2, 0.25) is 0 Å². The highest BCUT2D eigenvalue weighted by Crippen LogP contribution is 2.23. The van der Waals surface area contributed by atoms with Crippen molar-refractivity contribution in [3.8, 4) is 11.9 Å². The van der Waals surface area contributed by atoms with Gasteiger partial charge in [-0.1, -0.05) is 0 Å². The van der Waals surface area contributed by atoms with E-state index in [1.165, 1.54) is 6.33 Å². The van der Waals surface area contributed by atoms with Crippen molar-refractivity contribution in [3.63, 3.8) is 0 Å². The van der Waals surface area contributed by atoms with E-state index in [-0.39, 0.29) is 18.3 Å². The zero-order chi connectivity index (χ0) is 20.8. The molecule has 0 spiro atoms. The van der Waals surface area contributed by atoms with E-state index in [1.54, 1.807) is 17.0 Å². The number of amides is 1. The van der Waals surface area contributed by atoms with Crippen LogP contribution in [0, 0.1) is 18.3 Å². The molecule has 1 fully saturated rings. The summed E-state index contributed by atoms with van der Waals surface area (Å²) in [7, 11) is 0. The molecule has 0 atom stereocenters. The Balaban J connectivity index is 1.57. The van der Waals surface area contributed by atoms with Gasteiger partial charge in [-0.3, -0.25) is 0 Å². The van der Waals surface area contributed by atoms with Gasteiger partial charge in [-0.05, 0) is 44.5 Å². The largest absolute Gasteiger partial charge is 0.474 e. The molecular weight excluding hydrogens is 370 g/mol. The van der Waals surface area contributed by atoms with Gasteiger partial charge < -0.3 is 19.7 Å². The van der Waals surface area contributed by atoms with Crippen molar-refractivity contribution >= 4 is 17.6 Å². The summed E-state index contributed by atoms with van der Waals surface area (Å²) in [6.45, 7) is 6.80. The summed E-state index contributed by atoms with van der Waals surface area (Å²) in [5.74, 6) is 1.10. The summed E-state index contributed by atoms with van der Waals surface area (Å²) in [4.78, 5) is 22.1. The fraction of sp³-hybridized carbons (Fsp3) is 0.429. The molecule has 1 aliphatic heterocycles. The molecule has 2 heterocycles. The van der Waals surface area contributed by atoms with E-state index in [2.05, 4.69) is 21.4 Å². The minimum absolute atomic E-state index is 0.0162. The van der Waals surface area contributed by atoms with Gasteiger partial charge in [0.15, 0.2) is 0 Å². The predicted molar refractivity (Wildman–Crippen MR) is 108 cm³/mol. The van der Waals surface area contributed by atoms with Crippen LogP contribution in [0.4, 0.5) is 16.3 Å². The third kappa shape index (κ3) is 5.57. The maximum atomic E-state index is 12.0. The predicted octanol–water partition coefficient (Wildman–Crippen LogP) is 3.79. The third-order valence-corrected chi connectivity index (χ3v) is 4.58. The van der Waals surface area contributed by atoms with Crippen LogP contribution in [0.15, 0.2) is 30.6 Å². The van der Waals surface area contributed by atoms with Crippen LogP contribution in [0.3, 0.4) is 0 Å². The molecule has 1 aliphatic rings. The fourth-order valence-electron chi connectivity index (χ4n) is 3.09. The number of ether oxygens (including phenoxy) is 2. The summed E-state index contributed by atoms with van der Waals surface area (Å²) in [5.41, 5.74) is 2.43. The summed E-state index contributed by atoms with van der Waals surface area (Å²) in [6, 6.07) is 9.30. The maximum Gasteiger partial charge on any atom is 0.410 e. The number of benzene rings is 1. The van der Waals surface area contributed by atoms with E-state index >= 15 is 0 Å². The molecule has 1 aromatic heterocycles. The van der Waals surface area contributed by atoms with Gasteiger partial charge in [-0.2, -0.15) is 5.26 Å². The van der Waals surface area contributed by atoms with Gasteiger partial charge in [0.1, 0.15) is 18.2 Å². The van der Waals surface area contributed by atoms with Crippen LogP contribution in [-0.2, 0) is 4.74 Å². The summed E-state index contributed by atoms with van der Waals surface area (Å²) in [5, 5.41) is 12.2. The third-order valence-electron chi connectivity index (χ3n) is 4.58. The molecule has 0 bridgehead atoms. The smallest absolute Gasteiger partial charge is 0.410 e. The lowest BCUT2D eigenvalue weighted by Gasteiger charge is -2.31. The van der Waals surface area contributed by atoms with E-state index in [9.17, 15) is 4.79 Å². The average molecular weight is 395 g/mol. The second-order valence-corrected chi connectivity index (χ2v) is 7.24. The lowest BCUT2D eigenvalue weighted by molar-refractivity contribution is 0.0507. The molecule has 0 radical (unpaired) electrons. The molecule has 2 aromatic rings. The van der Waals surface area contributed by atoms with Crippen LogP contribution < -0.4 is 10.1 Å². The molecule has 8 nitrogen and oxygen atoms in total. The van der Waals surface area contributed by atoms with Gasteiger partial charge in [0.05, 0.1) is 17.7 Å². The van der Waals surface area contributed by atoms with Crippen LogP contribution in [-0.4, -0.2) is 46.3 Å². The van der Waals surface area contributed by atoms with Crippen molar-refractivity contribution in [3.05, 3.63) is 41.7 Å². The Hall–Kier alpha value is -3.34. The maximum absolute atomic E-state index is 12.0. The molecular formula is C21H25N5O3. The zero-order valence-corrected chi connectivity index (χ0v) is 16.9. The highest BCUT2D eigenvalue weighted by molar-refractivity contribution is 5.67. The highest BCUT2D eigenvalue weighted by atomic mass is 16.6. The van der Waals surface area contributed by atoms with Crippen molar-refractivity contribution in [1.29, 1.82) is 5.26 Å². The summed E-state index contributed by atoms with van der Waals surface area (Å²) >= 11 is 0. The number of piperidine rings is 1. The van der Waals surface area contributed by atoms with E-state index in [0.717, 1.165) is 11.3 Å². The number of aryl methyl sites for hydroxylation is 1. The number of likely N-dealkylation sites (tertiary alicyclic amines) is 1. The number of nitrogens with one attached hydrogen (secondary N) is 1. The molecule has 1 aromatic carbocycles. The molecule has 0 unspecified atom stereocenters. The summed E-state index contributed by atoms with van der Waals surface area (Å²) in [6.07, 6.45) is 2.47. The van der Waals surface area contributed by atoms with Gasteiger partial charge in [-0.25, -0.2) is 14.8 Å². The van der Waals surface area contributed by atoms with Gasteiger partial charge in [0.2, 0.25) is 5.88 Å². The normalized spacial score (nSPS) is 14.4. The lowest BCUT2D eigenvalue weighted by atomic mass is 10.1. The first kappa shape index (κ1) is 20.4. The first-order valence-corrected chi connectivity index (χ1v) is 9.66. The van der Waals surface area contributed by atoms with E-state index in [4.69, 9.17) is 14.7 Å². The molecule has 152 valence electrons. The van der Waals surface area contributed by atoms with E-state index < -0.39 is 0 Å². The van der Waals surface area contributed by atoms with Gasteiger partial charge >= 0.3 is 6.09 Å². The average Bonchev–Trinajstić information content (AvgIpc) is 2.70. The topological polar surface area (TPSA) is 100 Å². The summed E-state index contributed by atoms with van der Waals surface area (Å²) < 4.78 is 11.2. The number of hydrogen-bond acceptors (Lipinski definition) is 7. The van der Waals surface area contributed by atoms with Gasteiger partial charge in [0.25, 0.3) is 0 Å². The van der Waals surface area contributed by atoms with Gasteiger partial charge in [0, 0.05) is 37.7 Å². The number of nitrogens with zero attached hydrogens (tertiary/aromatic N) is 4. The molecule has 29 heavy (non-hydrogen) atoms. The molecule has 1 saturated heterocycles. The fourth-order valence-corrected chi connectivity index (χ4v) is 3.09. The Morgan fingerprint density at radius 2 is 2.03 bits per heavy atom. The quantitative estimate of drug-likeness (QED) is 0.822. The van der Waals surface area contributed by atoms with Crippen LogP contribution >= 0.6 is 0 Å². The van der Waals surface area contributed by atoms with E-state index in [0.29, 0.717) is 43.2 Å². The number of hydrogen-bond donors (Lipinski definition) is 1. The van der Waals surface area contributed by atoms with Crippen LogP contribution in [0.5, 0.6) is 5.88 Å². The van der Waals surface area contributed by atoms with Crippen molar-refractivity contribution in [2.24, 2.45) is 0 Å². The second-order valence-electron chi connectivity index (χ2n) is 7.24. The van der Waals surface area contributed by atoms with Gasteiger partial charge in [-0.15, -0.1) is 0 Å². The Morgan fingerprint density at radius 1 is 1.28 bits per heavy atom. The Kier molecular flexibility index (Phi) is 6.50. The second kappa shape index (κ2) is 9.24. The number of aromatic nitrogens is 2. The van der Waals surface area contributed by atoms with Crippen molar-refractivity contribution < 1.29 is 14.3 Å². The Labute approximate surface area is 170 Å². The molecule has 1 N–H and O–H groups in total. The lowest BCUT2D eigenvalue weighted by Crippen LogP contribution is -2.42. The zero-order valence-electron chi connectivity index (χ0n) is 16.9. The number of anilines is 2. The molecule has 8 heteroatoms. The molecule has 0 saturated carbocycles. The van der Waals surface area contributed by atoms with Crippen LogP contribution in [0.25, 0.3) is 0 Å². The van der Waals surface area contributed by atoms with Crippen molar-refractivity contribution in [2.75, 3.05) is 18.4 Å². The van der Waals surface area contributed by atoms with Crippen LogP contribution in [0.1, 0.15) is 37.8 Å². The molecule has 1 amide bonds. The van der Waals surface area contributed by atoms with Crippen molar-refractivity contribution in [1.82, 2.24) is 14.9 Å². The van der Waals surface area contributed by atoms with Crippen molar-refractivity contribution in [2.45, 2.75) is 45.8 Å². The standard InChI is InChI=1S/C21H25N5O3/c1-14(2)28-21(27)26-8-6-17(7-9-26)29-20-11-19(23-13-24-20)25-18-5-4-16(12-22)10-15(18)3/h4-5,10-11,13-14,17H,6-9H2,1-3H3,(H,23,24,25). The van der Waals surface area contributed by atoms with E-state index in [1.807, 2.05) is 32.9 Å².